The highest BCUT2D eigenvalue weighted by Crippen LogP contribution is 2.40. The van der Waals surface area contributed by atoms with Gasteiger partial charge in [0.05, 0.1) is 37.4 Å². The standard InChI is InChI=1S/C26H26F3N3O4/c1-3-22(32-25(35)31-15-18-6-4-5-11-30-18)20-14-17(26(27,28)29)8-9-19(20)21-12-16(13-24(33)34)7-10-23(21)36-2/h4-12,14,22H,3,13,15H2,1-2H3,(H,33,34)(H2,31,32,35). The molecule has 0 aliphatic heterocycles. The molecule has 0 aliphatic rings. The van der Waals surface area contributed by atoms with Crippen LogP contribution in [-0.2, 0) is 23.9 Å². The molecular formula is C26H26F3N3O4. The quantitative estimate of drug-likeness (QED) is 0.367. The van der Waals surface area contributed by atoms with Gasteiger partial charge in [-0.05, 0) is 59.5 Å². The molecule has 0 saturated carbocycles. The van der Waals surface area contributed by atoms with Crippen molar-refractivity contribution in [3.63, 3.8) is 0 Å². The number of carbonyl (C=O) groups excluding carboxylic acids is 1. The number of carboxylic acids is 1. The largest absolute Gasteiger partial charge is 0.496 e. The van der Waals surface area contributed by atoms with Crippen LogP contribution >= 0.6 is 0 Å². The summed E-state index contributed by atoms with van der Waals surface area (Å²) in [5.41, 5.74) is 1.26. The maximum atomic E-state index is 13.6. The summed E-state index contributed by atoms with van der Waals surface area (Å²) >= 11 is 0. The number of urea groups is 1. The van der Waals surface area contributed by atoms with Crippen molar-refractivity contribution < 1.29 is 32.6 Å². The Balaban J connectivity index is 2.01. The molecule has 7 nitrogen and oxygen atoms in total. The first-order valence-corrected chi connectivity index (χ1v) is 11.2. The zero-order valence-electron chi connectivity index (χ0n) is 19.7. The number of halogens is 3. The van der Waals surface area contributed by atoms with Gasteiger partial charge in [0.25, 0.3) is 0 Å². The van der Waals surface area contributed by atoms with Crippen LogP contribution in [0.3, 0.4) is 0 Å². The minimum Gasteiger partial charge on any atom is -0.496 e. The van der Waals surface area contributed by atoms with Gasteiger partial charge in [-0.1, -0.05) is 25.1 Å². The van der Waals surface area contributed by atoms with Crippen molar-refractivity contribution in [1.82, 2.24) is 15.6 Å². The molecule has 3 N–H and O–H groups in total. The van der Waals surface area contributed by atoms with Gasteiger partial charge < -0.3 is 20.5 Å². The Kier molecular flexibility index (Phi) is 8.52. The molecule has 0 spiro atoms. The van der Waals surface area contributed by atoms with Crippen LogP contribution in [0.5, 0.6) is 5.75 Å². The number of alkyl halides is 3. The smallest absolute Gasteiger partial charge is 0.416 e. The molecule has 1 aromatic heterocycles. The number of ether oxygens (including phenoxy) is 1. The van der Waals surface area contributed by atoms with E-state index in [1.807, 2.05) is 0 Å². The predicted molar refractivity (Wildman–Crippen MR) is 127 cm³/mol. The highest BCUT2D eigenvalue weighted by molar-refractivity contribution is 5.79. The maximum absolute atomic E-state index is 13.6. The van der Waals surface area contributed by atoms with E-state index in [1.54, 1.807) is 49.5 Å². The Morgan fingerprint density at radius 3 is 2.47 bits per heavy atom. The van der Waals surface area contributed by atoms with E-state index < -0.39 is 29.8 Å². The number of rotatable bonds is 9. The van der Waals surface area contributed by atoms with Gasteiger partial charge >= 0.3 is 18.2 Å². The normalized spacial score (nSPS) is 12.0. The highest BCUT2D eigenvalue weighted by atomic mass is 19.4. The van der Waals surface area contributed by atoms with E-state index in [-0.39, 0.29) is 18.5 Å². The van der Waals surface area contributed by atoms with Crippen LogP contribution in [-0.4, -0.2) is 29.2 Å². The second-order valence-corrected chi connectivity index (χ2v) is 8.01. The molecule has 1 unspecified atom stereocenters. The van der Waals surface area contributed by atoms with Crippen LogP contribution in [0.15, 0.2) is 60.8 Å². The lowest BCUT2D eigenvalue weighted by molar-refractivity contribution is -0.138. The molecule has 3 rings (SSSR count). The molecule has 36 heavy (non-hydrogen) atoms. The van der Waals surface area contributed by atoms with E-state index >= 15 is 0 Å². The molecule has 0 fully saturated rings. The number of methoxy groups -OCH3 is 1. The van der Waals surface area contributed by atoms with Crippen molar-refractivity contribution >= 4 is 12.0 Å². The second-order valence-electron chi connectivity index (χ2n) is 8.01. The fraction of sp³-hybridized carbons (Fsp3) is 0.269. The fourth-order valence-electron chi connectivity index (χ4n) is 3.81. The van der Waals surface area contributed by atoms with Gasteiger partial charge in [0.1, 0.15) is 5.75 Å². The van der Waals surface area contributed by atoms with Gasteiger partial charge in [0.2, 0.25) is 0 Å². The number of nitrogens with one attached hydrogen (secondary N) is 2. The monoisotopic (exact) mass is 501 g/mol. The number of hydrogen-bond acceptors (Lipinski definition) is 4. The summed E-state index contributed by atoms with van der Waals surface area (Å²) < 4.78 is 46.2. The van der Waals surface area contributed by atoms with Crippen LogP contribution in [0.2, 0.25) is 0 Å². The Morgan fingerprint density at radius 1 is 1.08 bits per heavy atom. The fourth-order valence-corrected chi connectivity index (χ4v) is 3.81. The number of carbonyl (C=O) groups is 2. The molecule has 3 aromatic rings. The molecule has 1 atom stereocenters. The molecule has 1 heterocycles. The third-order valence-corrected chi connectivity index (χ3v) is 5.53. The highest BCUT2D eigenvalue weighted by Gasteiger charge is 2.32. The minimum absolute atomic E-state index is 0.142. The minimum atomic E-state index is -4.60. The Bertz CT molecular complexity index is 1220. The lowest BCUT2D eigenvalue weighted by Crippen LogP contribution is -2.37. The Morgan fingerprint density at radius 2 is 1.86 bits per heavy atom. The molecule has 0 saturated heterocycles. The number of benzene rings is 2. The zero-order valence-corrected chi connectivity index (χ0v) is 19.7. The van der Waals surface area contributed by atoms with Crippen LogP contribution in [0.1, 0.15) is 41.8 Å². The average Bonchev–Trinajstić information content (AvgIpc) is 2.85. The summed E-state index contributed by atoms with van der Waals surface area (Å²) in [6.07, 6.45) is -2.98. The molecule has 0 bridgehead atoms. The van der Waals surface area contributed by atoms with Gasteiger partial charge in [-0.25, -0.2) is 4.79 Å². The zero-order chi connectivity index (χ0) is 26.3. The van der Waals surface area contributed by atoms with Crippen molar-refractivity contribution in [3.05, 3.63) is 83.2 Å². The summed E-state index contributed by atoms with van der Waals surface area (Å²) in [6.45, 7) is 1.88. The van der Waals surface area contributed by atoms with E-state index in [0.29, 0.717) is 34.6 Å². The van der Waals surface area contributed by atoms with Crippen LogP contribution in [0.25, 0.3) is 11.1 Å². The average molecular weight is 502 g/mol. The van der Waals surface area contributed by atoms with Crippen molar-refractivity contribution in [2.75, 3.05) is 7.11 Å². The van der Waals surface area contributed by atoms with E-state index in [9.17, 15) is 27.9 Å². The number of pyridine rings is 1. The van der Waals surface area contributed by atoms with Crippen molar-refractivity contribution in [1.29, 1.82) is 0 Å². The summed E-state index contributed by atoms with van der Waals surface area (Å²) in [7, 11) is 1.42. The summed E-state index contributed by atoms with van der Waals surface area (Å²) in [5.74, 6) is -0.684. The summed E-state index contributed by atoms with van der Waals surface area (Å²) in [4.78, 5) is 28.0. The van der Waals surface area contributed by atoms with E-state index in [4.69, 9.17) is 4.74 Å². The van der Waals surface area contributed by atoms with Crippen molar-refractivity contribution in [2.24, 2.45) is 0 Å². The summed E-state index contributed by atoms with van der Waals surface area (Å²) in [5, 5.41) is 14.6. The number of nitrogens with zero attached hydrogens (tertiary/aromatic N) is 1. The Hall–Kier alpha value is -4.08. The van der Waals surface area contributed by atoms with Gasteiger partial charge in [-0.15, -0.1) is 0 Å². The first-order valence-electron chi connectivity index (χ1n) is 11.2. The SMILES string of the molecule is CCC(NC(=O)NCc1ccccn1)c1cc(C(F)(F)F)ccc1-c1cc(CC(=O)O)ccc1OC. The molecule has 0 radical (unpaired) electrons. The molecule has 190 valence electrons. The number of aromatic nitrogens is 1. The molecule has 0 aliphatic carbocycles. The van der Waals surface area contributed by atoms with Crippen LogP contribution in [0.4, 0.5) is 18.0 Å². The molecule has 2 amide bonds. The number of amides is 2. The van der Waals surface area contributed by atoms with Gasteiger partial charge in [0.15, 0.2) is 0 Å². The van der Waals surface area contributed by atoms with E-state index in [0.717, 1.165) is 12.1 Å². The number of hydrogen-bond donors (Lipinski definition) is 3. The Labute approximate surface area is 206 Å². The van der Waals surface area contributed by atoms with Crippen molar-refractivity contribution in [2.45, 2.75) is 38.5 Å². The third-order valence-electron chi connectivity index (χ3n) is 5.53. The molecule has 10 heteroatoms. The predicted octanol–water partition coefficient (Wildman–Crippen LogP) is 5.35. The summed E-state index contributed by atoms with van der Waals surface area (Å²) in [6, 6.07) is 11.9. The first kappa shape index (κ1) is 26.5. The van der Waals surface area contributed by atoms with Crippen LogP contribution < -0.4 is 15.4 Å². The van der Waals surface area contributed by atoms with Crippen LogP contribution in [0, 0.1) is 0 Å². The third kappa shape index (κ3) is 6.74. The first-order chi connectivity index (χ1) is 17.1. The van der Waals surface area contributed by atoms with Gasteiger partial charge in [-0.3, -0.25) is 9.78 Å². The second kappa shape index (κ2) is 11.6. The topological polar surface area (TPSA) is 101 Å². The molecule has 2 aromatic carbocycles. The lowest BCUT2D eigenvalue weighted by Gasteiger charge is -2.23. The van der Waals surface area contributed by atoms with Crippen molar-refractivity contribution in [3.8, 4) is 16.9 Å². The lowest BCUT2D eigenvalue weighted by atomic mass is 9.90. The number of carboxylic acid groups (broad SMARTS) is 1. The maximum Gasteiger partial charge on any atom is 0.416 e. The van der Waals surface area contributed by atoms with Gasteiger partial charge in [-0.2, -0.15) is 13.2 Å². The van der Waals surface area contributed by atoms with E-state index in [1.165, 1.54) is 13.2 Å². The van der Waals surface area contributed by atoms with Gasteiger partial charge in [0, 0.05) is 11.8 Å². The van der Waals surface area contributed by atoms with E-state index in [2.05, 4.69) is 15.6 Å². The molecular weight excluding hydrogens is 475 g/mol. The number of aliphatic carboxylic acids is 1.